The molecule has 0 atom stereocenters. The minimum absolute atomic E-state index is 0.0191. The average molecular weight is 297 g/mol. The Labute approximate surface area is 117 Å². The third kappa shape index (κ3) is 2.89. The number of carbonyl (C=O) groups is 1. The number of nitrogens with one attached hydrogen (secondary N) is 1. The lowest BCUT2D eigenvalue weighted by Gasteiger charge is -2.06. The van der Waals surface area contributed by atoms with E-state index >= 15 is 0 Å². The van der Waals surface area contributed by atoms with Crippen LogP contribution in [0.5, 0.6) is 0 Å². The Morgan fingerprint density at radius 3 is 2.75 bits per heavy atom. The minimum Gasteiger partial charge on any atom is -0.475 e. The molecule has 0 radical (unpaired) electrons. The van der Waals surface area contributed by atoms with Gasteiger partial charge in [0.25, 0.3) is 0 Å². The third-order valence-electron chi connectivity index (χ3n) is 2.49. The number of hydrogen-bond donors (Lipinski definition) is 2. The van der Waals surface area contributed by atoms with Gasteiger partial charge < -0.3 is 14.8 Å². The fourth-order valence-electron chi connectivity index (χ4n) is 1.61. The van der Waals surface area contributed by atoms with E-state index in [1.165, 1.54) is 24.3 Å². The first-order chi connectivity index (χ1) is 9.49. The van der Waals surface area contributed by atoms with E-state index in [2.05, 4.69) is 5.32 Å². The van der Waals surface area contributed by atoms with E-state index in [1.54, 1.807) is 6.07 Å². The molecule has 2 aromatic rings. The number of anilines is 1. The Kier molecular flexibility index (Phi) is 3.90. The maximum Gasteiger partial charge on any atom is 0.371 e. The summed E-state index contributed by atoms with van der Waals surface area (Å²) >= 11 is 5.77. The van der Waals surface area contributed by atoms with Gasteiger partial charge in [0.2, 0.25) is 5.76 Å². The Balaban J connectivity index is 2.16. The number of carboxylic acids is 1. The lowest BCUT2D eigenvalue weighted by Crippen LogP contribution is -2.02. The van der Waals surface area contributed by atoms with Gasteiger partial charge in [0, 0.05) is 0 Å². The second-order valence-electron chi connectivity index (χ2n) is 3.82. The van der Waals surface area contributed by atoms with Crippen molar-refractivity contribution in [3.05, 3.63) is 57.0 Å². The monoisotopic (exact) mass is 296 g/mol. The molecule has 0 spiro atoms. The lowest BCUT2D eigenvalue weighted by atomic mass is 10.2. The summed E-state index contributed by atoms with van der Waals surface area (Å²) in [4.78, 5) is 21.0. The Morgan fingerprint density at radius 1 is 1.40 bits per heavy atom. The number of nitro groups is 1. The standard InChI is InChI=1S/C12H9ClN2O5/c13-8-2-1-3-9(11(8)15(18)19)14-6-7-4-5-10(20-7)12(16)17/h1-5,14H,6H2,(H,16,17). The molecule has 1 heterocycles. The maximum atomic E-state index is 10.9. The van der Waals surface area contributed by atoms with Crippen molar-refractivity contribution in [3.63, 3.8) is 0 Å². The molecule has 0 bridgehead atoms. The van der Waals surface area contributed by atoms with Crippen molar-refractivity contribution >= 4 is 28.9 Å². The van der Waals surface area contributed by atoms with Crippen LogP contribution in [0.4, 0.5) is 11.4 Å². The number of benzene rings is 1. The van der Waals surface area contributed by atoms with Crippen molar-refractivity contribution in [1.29, 1.82) is 0 Å². The molecular weight excluding hydrogens is 288 g/mol. The van der Waals surface area contributed by atoms with Crippen LogP contribution in [0.3, 0.4) is 0 Å². The Bertz CT molecular complexity index is 668. The number of para-hydroxylation sites is 1. The summed E-state index contributed by atoms with van der Waals surface area (Å²) in [7, 11) is 0. The van der Waals surface area contributed by atoms with E-state index < -0.39 is 10.9 Å². The van der Waals surface area contributed by atoms with Crippen LogP contribution in [-0.2, 0) is 6.54 Å². The number of nitrogens with zero attached hydrogens (tertiary/aromatic N) is 1. The average Bonchev–Trinajstić information content (AvgIpc) is 2.84. The predicted octanol–water partition coefficient (Wildman–Crippen LogP) is 3.15. The van der Waals surface area contributed by atoms with E-state index in [-0.39, 0.29) is 28.7 Å². The molecule has 0 saturated heterocycles. The molecule has 0 unspecified atom stereocenters. The number of furan rings is 1. The van der Waals surface area contributed by atoms with E-state index in [9.17, 15) is 14.9 Å². The second-order valence-corrected chi connectivity index (χ2v) is 4.22. The molecule has 7 nitrogen and oxygen atoms in total. The summed E-state index contributed by atoms with van der Waals surface area (Å²) in [6.07, 6.45) is 0. The van der Waals surface area contributed by atoms with Crippen LogP contribution < -0.4 is 5.32 Å². The number of hydrogen-bond acceptors (Lipinski definition) is 5. The summed E-state index contributed by atoms with van der Waals surface area (Å²) in [6.45, 7) is 0.106. The van der Waals surface area contributed by atoms with Crippen molar-refractivity contribution in [2.45, 2.75) is 6.54 Å². The molecule has 2 rings (SSSR count). The molecule has 1 aromatic heterocycles. The lowest BCUT2D eigenvalue weighted by molar-refractivity contribution is -0.383. The number of carboxylic acid groups (broad SMARTS) is 1. The van der Waals surface area contributed by atoms with Gasteiger partial charge in [-0.05, 0) is 24.3 Å². The zero-order chi connectivity index (χ0) is 14.7. The van der Waals surface area contributed by atoms with Gasteiger partial charge in [-0.1, -0.05) is 17.7 Å². The molecule has 0 amide bonds. The molecule has 0 fully saturated rings. The largest absolute Gasteiger partial charge is 0.475 e. The number of halogens is 1. The molecule has 0 aliphatic heterocycles. The number of nitro benzene ring substituents is 1. The number of aromatic carboxylic acids is 1. The summed E-state index contributed by atoms with van der Waals surface area (Å²) in [5.41, 5.74) is -0.00467. The number of rotatable bonds is 5. The summed E-state index contributed by atoms with van der Waals surface area (Å²) < 4.78 is 5.03. The van der Waals surface area contributed by atoms with Crippen molar-refractivity contribution in [2.75, 3.05) is 5.32 Å². The fraction of sp³-hybridized carbons (Fsp3) is 0.0833. The zero-order valence-corrected chi connectivity index (χ0v) is 10.8. The van der Waals surface area contributed by atoms with Crippen LogP contribution in [0.2, 0.25) is 5.02 Å². The first kappa shape index (κ1) is 13.9. The van der Waals surface area contributed by atoms with Crippen LogP contribution in [-0.4, -0.2) is 16.0 Å². The normalized spacial score (nSPS) is 10.2. The first-order valence-corrected chi connectivity index (χ1v) is 5.85. The molecular formula is C12H9ClN2O5. The molecule has 0 aliphatic carbocycles. The second kappa shape index (κ2) is 5.62. The highest BCUT2D eigenvalue weighted by Gasteiger charge is 2.18. The molecule has 104 valence electrons. The highest BCUT2D eigenvalue weighted by atomic mass is 35.5. The van der Waals surface area contributed by atoms with Crippen LogP contribution in [0, 0.1) is 10.1 Å². The highest BCUT2D eigenvalue weighted by molar-refractivity contribution is 6.33. The van der Waals surface area contributed by atoms with Crippen molar-refractivity contribution < 1.29 is 19.2 Å². The molecule has 2 N–H and O–H groups in total. The van der Waals surface area contributed by atoms with Gasteiger partial charge in [-0.25, -0.2) is 4.79 Å². The first-order valence-electron chi connectivity index (χ1n) is 5.48. The quantitative estimate of drug-likeness (QED) is 0.648. The predicted molar refractivity (Wildman–Crippen MR) is 71.1 cm³/mol. The molecule has 0 saturated carbocycles. The molecule has 20 heavy (non-hydrogen) atoms. The third-order valence-corrected chi connectivity index (χ3v) is 2.80. The SMILES string of the molecule is O=C(O)c1ccc(CNc2cccc(Cl)c2[N+](=O)[O-])o1. The van der Waals surface area contributed by atoms with E-state index in [1.807, 2.05) is 0 Å². The summed E-state index contributed by atoms with van der Waals surface area (Å²) in [5, 5.41) is 22.5. The Morgan fingerprint density at radius 2 is 2.15 bits per heavy atom. The highest BCUT2D eigenvalue weighted by Crippen LogP contribution is 2.32. The van der Waals surface area contributed by atoms with E-state index in [0.717, 1.165) is 0 Å². The molecule has 1 aromatic carbocycles. The minimum atomic E-state index is -1.18. The van der Waals surface area contributed by atoms with Crippen LogP contribution in [0.25, 0.3) is 0 Å². The van der Waals surface area contributed by atoms with Crippen LogP contribution in [0.15, 0.2) is 34.7 Å². The van der Waals surface area contributed by atoms with Gasteiger partial charge in [0.1, 0.15) is 16.5 Å². The van der Waals surface area contributed by atoms with Gasteiger partial charge in [-0.3, -0.25) is 10.1 Å². The summed E-state index contributed by atoms with van der Waals surface area (Å²) in [5.74, 6) is -1.02. The molecule has 0 aliphatic rings. The summed E-state index contributed by atoms with van der Waals surface area (Å²) in [6, 6.07) is 7.28. The Hall–Kier alpha value is -2.54. The van der Waals surface area contributed by atoms with Crippen LogP contribution >= 0.6 is 11.6 Å². The van der Waals surface area contributed by atoms with Gasteiger partial charge in [-0.15, -0.1) is 0 Å². The van der Waals surface area contributed by atoms with Crippen molar-refractivity contribution in [2.24, 2.45) is 0 Å². The van der Waals surface area contributed by atoms with Gasteiger partial charge in [0.05, 0.1) is 11.5 Å². The van der Waals surface area contributed by atoms with Crippen LogP contribution in [0.1, 0.15) is 16.3 Å². The van der Waals surface area contributed by atoms with E-state index in [4.69, 9.17) is 21.1 Å². The van der Waals surface area contributed by atoms with Gasteiger partial charge in [-0.2, -0.15) is 0 Å². The smallest absolute Gasteiger partial charge is 0.371 e. The van der Waals surface area contributed by atoms with E-state index in [0.29, 0.717) is 5.76 Å². The van der Waals surface area contributed by atoms with Crippen molar-refractivity contribution in [1.82, 2.24) is 0 Å². The zero-order valence-electron chi connectivity index (χ0n) is 10.00. The van der Waals surface area contributed by atoms with Gasteiger partial charge in [0.15, 0.2) is 0 Å². The maximum absolute atomic E-state index is 10.9. The molecule has 8 heteroatoms. The van der Waals surface area contributed by atoms with Gasteiger partial charge >= 0.3 is 11.7 Å². The van der Waals surface area contributed by atoms with Crippen molar-refractivity contribution in [3.8, 4) is 0 Å². The fourth-order valence-corrected chi connectivity index (χ4v) is 1.86. The topological polar surface area (TPSA) is 106 Å².